The minimum Gasteiger partial charge on any atom is -0.481 e. The van der Waals surface area contributed by atoms with Crippen molar-refractivity contribution < 1.29 is 43.0 Å². The number of nitrogens with zero attached hydrogens (tertiary/aromatic N) is 1. The van der Waals surface area contributed by atoms with Gasteiger partial charge in [-0.2, -0.15) is 5.48 Å². The highest BCUT2D eigenvalue weighted by Crippen LogP contribution is 2.35. The first-order valence-corrected chi connectivity index (χ1v) is 17.2. The molecule has 0 aromatic carbocycles. The molecule has 0 bridgehead atoms. The van der Waals surface area contributed by atoms with E-state index in [1.54, 1.807) is 0 Å². The lowest BCUT2D eigenvalue weighted by molar-refractivity contribution is -0.528. The van der Waals surface area contributed by atoms with Gasteiger partial charge in [-0.1, -0.05) is 12.8 Å². The highest BCUT2D eigenvalue weighted by molar-refractivity contribution is 7.92. The van der Waals surface area contributed by atoms with Gasteiger partial charge in [0.05, 0.1) is 35.5 Å². The predicted octanol–water partition coefficient (Wildman–Crippen LogP) is 3.10. The summed E-state index contributed by atoms with van der Waals surface area (Å²) in [5.41, 5.74) is 3.14. The van der Waals surface area contributed by atoms with Crippen molar-refractivity contribution >= 4 is 21.7 Å². The molecule has 5 unspecified atom stereocenters. The van der Waals surface area contributed by atoms with E-state index in [4.69, 9.17) is 10.1 Å². The topological polar surface area (TPSA) is 194 Å². The first kappa shape index (κ1) is 33.0. The smallest absolute Gasteiger partial charge is 0.307 e. The lowest BCUT2D eigenvalue weighted by Crippen LogP contribution is -2.49. The minimum atomic E-state index is -3.34. The Morgan fingerprint density at radius 1 is 0.810 bits per heavy atom. The van der Waals surface area contributed by atoms with Gasteiger partial charge in [0, 0.05) is 29.8 Å². The lowest BCUT2D eigenvalue weighted by Gasteiger charge is -2.36. The van der Waals surface area contributed by atoms with Crippen LogP contribution in [0.5, 0.6) is 0 Å². The average Bonchev–Trinajstić information content (AvgIpc) is 2.98. The molecule has 4 saturated carbocycles. The van der Waals surface area contributed by atoms with E-state index in [0.717, 1.165) is 25.7 Å². The van der Waals surface area contributed by atoms with E-state index in [2.05, 4.69) is 15.7 Å². The number of nitro groups is 1. The molecule has 42 heavy (non-hydrogen) atoms. The molecule has 0 spiro atoms. The van der Waals surface area contributed by atoms with E-state index in [1.807, 2.05) is 0 Å². The number of amides is 1. The van der Waals surface area contributed by atoms with Crippen molar-refractivity contribution in [1.29, 1.82) is 0 Å². The number of nitrogens with one attached hydrogen (secondary N) is 2. The SMILES string of the molecule is O=C(O)C1CCC([N+](=O)[O-])CC1C(=O)NC1CCC(S(=O)(=O)C2CCC(NOCC3CCCCC3COO)CC2)CC1. The van der Waals surface area contributed by atoms with Crippen LogP contribution in [-0.4, -0.2) is 77.4 Å². The molecule has 0 aromatic rings. The molecule has 13 nitrogen and oxygen atoms in total. The second-order valence-corrected chi connectivity index (χ2v) is 15.4. The van der Waals surface area contributed by atoms with Gasteiger partial charge in [-0.15, -0.1) is 0 Å². The zero-order chi connectivity index (χ0) is 30.3. The van der Waals surface area contributed by atoms with Gasteiger partial charge in [-0.05, 0) is 82.5 Å². The molecule has 1 amide bonds. The van der Waals surface area contributed by atoms with E-state index in [9.17, 15) is 33.2 Å². The third-order valence-electron chi connectivity index (χ3n) is 10.3. The number of carboxylic acid groups (broad SMARTS) is 1. The molecule has 0 aromatic heterocycles. The van der Waals surface area contributed by atoms with Crippen molar-refractivity contribution in [3.8, 4) is 0 Å². The van der Waals surface area contributed by atoms with E-state index >= 15 is 0 Å². The summed E-state index contributed by atoms with van der Waals surface area (Å²) in [5, 5.41) is 31.7. The molecular formula is C28H47N3O10S. The number of sulfone groups is 1. The molecule has 4 aliphatic carbocycles. The average molecular weight is 618 g/mol. The Labute approximate surface area is 247 Å². The van der Waals surface area contributed by atoms with Crippen LogP contribution in [0, 0.1) is 33.8 Å². The molecule has 240 valence electrons. The molecule has 4 N–H and O–H groups in total. The van der Waals surface area contributed by atoms with Crippen molar-refractivity contribution in [2.45, 2.75) is 125 Å². The van der Waals surface area contributed by atoms with Crippen LogP contribution in [-0.2, 0) is 29.2 Å². The van der Waals surface area contributed by atoms with Crippen molar-refractivity contribution in [2.75, 3.05) is 13.2 Å². The Morgan fingerprint density at radius 2 is 1.38 bits per heavy atom. The standard InChI is InChI=1S/C28H47N3O10S/c32-27(26-15-22(31(35)36)9-14-25(26)28(33)34)29-20-5-10-23(11-6-20)42(38,39)24-12-7-21(8-13-24)30-40-16-18-3-1-2-4-19(18)17-41-37/h18-26,30,37H,1-17H2,(H,29,32)(H,33,34). The summed E-state index contributed by atoms with van der Waals surface area (Å²) in [6.07, 6.45) is 8.84. The van der Waals surface area contributed by atoms with E-state index in [1.165, 1.54) is 0 Å². The minimum absolute atomic E-state index is 0.0922. The number of rotatable bonds is 12. The van der Waals surface area contributed by atoms with Crippen molar-refractivity contribution in [3.63, 3.8) is 0 Å². The van der Waals surface area contributed by atoms with Crippen LogP contribution in [0.2, 0.25) is 0 Å². The van der Waals surface area contributed by atoms with Crippen LogP contribution in [0.4, 0.5) is 0 Å². The Balaban J connectivity index is 1.19. The van der Waals surface area contributed by atoms with E-state index in [-0.39, 0.29) is 37.3 Å². The maximum atomic E-state index is 13.5. The molecule has 4 rings (SSSR count). The monoisotopic (exact) mass is 617 g/mol. The summed E-state index contributed by atoms with van der Waals surface area (Å²) in [7, 11) is -3.34. The summed E-state index contributed by atoms with van der Waals surface area (Å²) < 4.78 is 26.9. The number of hydroxylamine groups is 1. The van der Waals surface area contributed by atoms with Crippen LogP contribution in [0.25, 0.3) is 0 Å². The number of hydrogen-bond donors (Lipinski definition) is 4. The highest BCUT2D eigenvalue weighted by atomic mass is 32.2. The molecule has 0 aliphatic heterocycles. The molecular weight excluding hydrogens is 570 g/mol. The first-order chi connectivity index (χ1) is 20.1. The largest absolute Gasteiger partial charge is 0.481 e. The molecule has 0 radical (unpaired) electrons. The zero-order valence-corrected chi connectivity index (χ0v) is 25.0. The van der Waals surface area contributed by atoms with Crippen LogP contribution in [0.3, 0.4) is 0 Å². The summed E-state index contributed by atoms with van der Waals surface area (Å²) in [6, 6.07) is -1.09. The van der Waals surface area contributed by atoms with Crippen molar-refractivity contribution in [3.05, 3.63) is 10.1 Å². The Morgan fingerprint density at radius 3 is 1.93 bits per heavy atom. The van der Waals surface area contributed by atoms with E-state index < -0.39 is 55.0 Å². The fourth-order valence-electron chi connectivity index (χ4n) is 7.64. The Bertz CT molecular complexity index is 1020. The number of aliphatic carboxylic acids is 1. The maximum Gasteiger partial charge on any atom is 0.307 e. The Kier molecular flexibility index (Phi) is 12.0. The van der Waals surface area contributed by atoms with Crippen LogP contribution in [0.15, 0.2) is 0 Å². The molecule has 14 heteroatoms. The maximum absolute atomic E-state index is 13.5. The summed E-state index contributed by atoms with van der Waals surface area (Å²) in [5.74, 6) is -2.89. The van der Waals surface area contributed by atoms with Gasteiger partial charge < -0.3 is 15.3 Å². The molecule has 5 atom stereocenters. The summed E-state index contributed by atoms with van der Waals surface area (Å²) in [4.78, 5) is 45.7. The van der Waals surface area contributed by atoms with Gasteiger partial charge in [-0.25, -0.2) is 13.3 Å². The summed E-state index contributed by atoms with van der Waals surface area (Å²) in [6.45, 7) is 0.863. The fraction of sp³-hybridized carbons (Fsp3) is 0.929. The van der Waals surface area contributed by atoms with Gasteiger partial charge in [0.25, 0.3) is 0 Å². The second kappa shape index (κ2) is 15.2. The first-order valence-electron chi connectivity index (χ1n) is 15.6. The second-order valence-electron chi connectivity index (χ2n) is 12.9. The number of carboxylic acids is 1. The molecule has 4 fully saturated rings. The van der Waals surface area contributed by atoms with Crippen molar-refractivity contribution in [2.24, 2.45) is 23.7 Å². The van der Waals surface area contributed by atoms with E-state index in [0.29, 0.717) is 70.5 Å². The van der Waals surface area contributed by atoms with Gasteiger partial charge in [0.1, 0.15) is 0 Å². The van der Waals surface area contributed by atoms with Crippen LogP contribution in [0.1, 0.15) is 96.3 Å². The van der Waals surface area contributed by atoms with Gasteiger partial charge >= 0.3 is 5.97 Å². The molecule has 0 saturated heterocycles. The van der Waals surface area contributed by atoms with Gasteiger partial charge in [0.15, 0.2) is 9.84 Å². The molecule has 0 heterocycles. The van der Waals surface area contributed by atoms with Crippen LogP contribution >= 0.6 is 0 Å². The van der Waals surface area contributed by atoms with Crippen molar-refractivity contribution in [1.82, 2.24) is 10.8 Å². The number of carbonyl (C=O) groups excluding carboxylic acids is 1. The fourth-order valence-corrected chi connectivity index (χ4v) is 10.0. The lowest BCUT2D eigenvalue weighted by atomic mass is 9.76. The third kappa shape index (κ3) is 8.40. The Hall–Kier alpha value is -1.87. The third-order valence-corrected chi connectivity index (χ3v) is 13.1. The predicted molar refractivity (Wildman–Crippen MR) is 152 cm³/mol. The quantitative estimate of drug-likeness (QED) is 0.143. The highest BCUT2D eigenvalue weighted by Gasteiger charge is 2.44. The summed E-state index contributed by atoms with van der Waals surface area (Å²) >= 11 is 0. The molecule has 4 aliphatic rings. The van der Waals surface area contributed by atoms with Gasteiger partial charge in [-0.3, -0.25) is 25.0 Å². The number of hydrogen-bond acceptors (Lipinski definition) is 10. The zero-order valence-electron chi connectivity index (χ0n) is 24.2. The van der Waals surface area contributed by atoms with Crippen LogP contribution < -0.4 is 10.8 Å². The number of carbonyl (C=O) groups is 2. The normalized spacial score (nSPS) is 36.2. The van der Waals surface area contributed by atoms with Gasteiger partial charge in [0.2, 0.25) is 11.9 Å².